The van der Waals surface area contributed by atoms with Gasteiger partial charge in [-0.15, -0.1) is 0 Å². The van der Waals surface area contributed by atoms with Crippen LogP contribution in [0.1, 0.15) is 18.9 Å². The number of nitrogens with one attached hydrogen (secondary N) is 2. The fourth-order valence-corrected chi connectivity index (χ4v) is 1.60. The molecule has 6 heteroatoms. The van der Waals surface area contributed by atoms with Crippen LogP contribution in [0.15, 0.2) is 30.5 Å². The lowest BCUT2D eigenvalue weighted by atomic mass is 10.2. The van der Waals surface area contributed by atoms with E-state index in [1.807, 2.05) is 6.92 Å². The third-order valence-electron chi connectivity index (χ3n) is 2.65. The van der Waals surface area contributed by atoms with E-state index in [2.05, 4.69) is 20.6 Å². The third-order valence-corrected chi connectivity index (χ3v) is 2.65. The van der Waals surface area contributed by atoms with Gasteiger partial charge in [-0.3, -0.25) is 0 Å². The first kappa shape index (κ1) is 14.2. The first-order valence-electron chi connectivity index (χ1n) is 6.43. The second kappa shape index (κ2) is 6.79. The molecule has 0 radical (unpaired) electrons. The third kappa shape index (κ3) is 3.88. The zero-order valence-corrected chi connectivity index (χ0v) is 11.2. The highest BCUT2D eigenvalue weighted by Crippen LogP contribution is 2.13. The fourth-order valence-electron chi connectivity index (χ4n) is 1.60. The summed E-state index contributed by atoms with van der Waals surface area (Å²) in [4.78, 5) is 7.92. The Morgan fingerprint density at radius 3 is 2.55 bits per heavy atom. The maximum absolute atomic E-state index is 13.6. The van der Waals surface area contributed by atoms with Gasteiger partial charge in [0.15, 0.2) is 11.6 Å². The van der Waals surface area contributed by atoms with Crippen molar-refractivity contribution in [2.24, 2.45) is 0 Å². The molecular weight excluding hydrogens is 262 g/mol. The largest absolute Gasteiger partial charge is 0.363 e. The molecular formula is C14H16F2N4. The SMILES string of the molecule is CCCNc1ncc(F)c(NCc2ccc(F)cc2)n1. The van der Waals surface area contributed by atoms with Crippen LogP contribution in [0.2, 0.25) is 0 Å². The maximum atomic E-state index is 13.6. The molecule has 4 nitrogen and oxygen atoms in total. The predicted octanol–water partition coefficient (Wildman–Crippen LogP) is 3.19. The molecule has 20 heavy (non-hydrogen) atoms. The molecule has 0 saturated carbocycles. The van der Waals surface area contributed by atoms with Crippen molar-refractivity contribution in [1.82, 2.24) is 9.97 Å². The molecule has 1 aromatic heterocycles. The van der Waals surface area contributed by atoms with Gasteiger partial charge in [0.1, 0.15) is 5.82 Å². The van der Waals surface area contributed by atoms with E-state index in [1.54, 1.807) is 12.1 Å². The summed E-state index contributed by atoms with van der Waals surface area (Å²) in [7, 11) is 0. The molecule has 0 spiro atoms. The molecule has 1 aromatic carbocycles. The minimum Gasteiger partial charge on any atom is -0.363 e. The Labute approximate surface area is 116 Å². The van der Waals surface area contributed by atoms with Crippen LogP contribution in [0.25, 0.3) is 0 Å². The summed E-state index contributed by atoms with van der Waals surface area (Å²) in [6.45, 7) is 3.11. The first-order valence-corrected chi connectivity index (χ1v) is 6.43. The fraction of sp³-hybridized carbons (Fsp3) is 0.286. The average Bonchev–Trinajstić information content (AvgIpc) is 2.46. The highest BCUT2D eigenvalue weighted by Gasteiger charge is 2.06. The number of aromatic nitrogens is 2. The average molecular weight is 278 g/mol. The number of benzene rings is 1. The molecule has 0 unspecified atom stereocenters. The Morgan fingerprint density at radius 2 is 1.85 bits per heavy atom. The monoisotopic (exact) mass is 278 g/mol. The van der Waals surface area contributed by atoms with Crippen molar-refractivity contribution in [2.45, 2.75) is 19.9 Å². The summed E-state index contributed by atoms with van der Waals surface area (Å²) in [5, 5.41) is 5.87. The molecule has 0 bridgehead atoms. The van der Waals surface area contributed by atoms with E-state index in [0.29, 0.717) is 12.5 Å². The Balaban J connectivity index is 2.02. The Bertz CT molecular complexity index is 558. The van der Waals surface area contributed by atoms with Gasteiger partial charge in [-0.25, -0.2) is 13.8 Å². The van der Waals surface area contributed by atoms with Gasteiger partial charge in [-0.1, -0.05) is 19.1 Å². The van der Waals surface area contributed by atoms with Crippen LogP contribution in [-0.2, 0) is 6.54 Å². The molecule has 2 rings (SSSR count). The highest BCUT2D eigenvalue weighted by molar-refractivity contribution is 5.41. The Hall–Kier alpha value is -2.24. The summed E-state index contributed by atoms with van der Waals surface area (Å²) < 4.78 is 26.4. The lowest BCUT2D eigenvalue weighted by Crippen LogP contribution is -2.09. The summed E-state index contributed by atoms with van der Waals surface area (Å²) in [5.74, 6) is -0.306. The molecule has 0 saturated heterocycles. The smallest absolute Gasteiger partial charge is 0.224 e. The molecule has 0 amide bonds. The van der Waals surface area contributed by atoms with Crippen molar-refractivity contribution < 1.29 is 8.78 Å². The van der Waals surface area contributed by atoms with Crippen molar-refractivity contribution in [3.8, 4) is 0 Å². The maximum Gasteiger partial charge on any atom is 0.224 e. The van der Waals surface area contributed by atoms with E-state index in [9.17, 15) is 8.78 Å². The molecule has 1 heterocycles. The van der Waals surface area contributed by atoms with Crippen LogP contribution >= 0.6 is 0 Å². The normalized spacial score (nSPS) is 10.3. The molecule has 2 aromatic rings. The Morgan fingerprint density at radius 1 is 1.10 bits per heavy atom. The zero-order valence-electron chi connectivity index (χ0n) is 11.2. The van der Waals surface area contributed by atoms with Gasteiger partial charge in [-0.2, -0.15) is 4.98 Å². The standard InChI is InChI=1S/C14H16F2N4/c1-2-7-17-14-19-9-12(16)13(20-14)18-8-10-3-5-11(15)6-4-10/h3-6,9H,2,7-8H2,1H3,(H2,17,18,19,20). The minimum atomic E-state index is -0.519. The molecule has 0 aliphatic heterocycles. The molecule has 106 valence electrons. The van der Waals surface area contributed by atoms with Crippen LogP contribution in [0.3, 0.4) is 0 Å². The van der Waals surface area contributed by atoms with Crippen LogP contribution in [-0.4, -0.2) is 16.5 Å². The molecule has 0 aliphatic rings. The van der Waals surface area contributed by atoms with Gasteiger partial charge in [0, 0.05) is 13.1 Å². The molecule has 0 fully saturated rings. The van der Waals surface area contributed by atoms with E-state index >= 15 is 0 Å². The number of hydrogen-bond acceptors (Lipinski definition) is 4. The second-order valence-corrected chi connectivity index (χ2v) is 4.30. The quantitative estimate of drug-likeness (QED) is 0.852. The number of anilines is 2. The topological polar surface area (TPSA) is 49.8 Å². The van der Waals surface area contributed by atoms with Gasteiger partial charge in [-0.05, 0) is 24.1 Å². The number of rotatable bonds is 6. The molecule has 2 N–H and O–H groups in total. The number of hydrogen-bond donors (Lipinski definition) is 2. The van der Waals surface area contributed by atoms with Crippen molar-refractivity contribution in [1.29, 1.82) is 0 Å². The zero-order chi connectivity index (χ0) is 14.4. The van der Waals surface area contributed by atoms with Crippen molar-refractivity contribution in [2.75, 3.05) is 17.2 Å². The van der Waals surface area contributed by atoms with Gasteiger partial charge in [0.05, 0.1) is 6.20 Å². The summed E-state index contributed by atoms with van der Waals surface area (Å²) >= 11 is 0. The predicted molar refractivity (Wildman–Crippen MR) is 74.5 cm³/mol. The Kier molecular flexibility index (Phi) is 4.81. The molecule has 0 atom stereocenters. The summed E-state index contributed by atoms with van der Waals surface area (Å²) in [5.41, 5.74) is 0.840. The van der Waals surface area contributed by atoms with Gasteiger partial charge in [0.2, 0.25) is 5.95 Å². The van der Waals surface area contributed by atoms with E-state index in [0.717, 1.165) is 24.7 Å². The number of nitrogens with zero attached hydrogens (tertiary/aromatic N) is 2. The van der Waals surface area contributed by atoms with Gasteiger partial charge in [0.25, 0.3) is 0 Å². The van der Waals surface area contributed by atoms with Crippen LogP contribution in [0.4, 0.5) is 20.5 Å². The lowest BCUT2D eigenvalue weighted by Gasteiger charge is -2.09. The van der Waals surface area contributed by atoms with Crippen molar-refractivity contribution in [3.63, 3.8) is 0 Å². The second-order valence-electron chi connectivity index (χ2n) is 4.30. The van der Waals surface area contributed by atoms with Crippen LogP contribution in [0, 0.1) is 11.6 Å². The van der Waals surface area contributed by atoms with E-state index < -0.39 is 5.82 Å². The van der Waals surface area contributed by atoms with E-state index in [4.69, 9.17) is 0 Å². The van der Waals surface area contributed by atoms with Crippen LogP contribution in [0.5, 0.6) is 0 Å². The minimum absolute atomic E-state index is 0.128. The van der Waals surface area contributed by atoms with Crippen molar-refractivity contribution >= 4 is 11.8 Å². The first-order chi connectivity index (χ1) is 9.69. The van der Waals surface area contributed by atoms with Gasteiger partial charge >= 0.3 is 0 Å². The number of halogens is 2. The summed E-state index contributed by atoms with van der Waals surface area (Å²) in [6.07, 6.45) is 2.05. The highest BCUT2D eigenvalue weighted by atomic mass is 19.1. The van der Waals surface area contributed by atoms with Gasteiger partial charge < -0.3 is 10.6 Å². The summed E-state index contributed by atoms with van der Waals surface area (Å²) in [6, 6.07) is 6.00. The lowest BCUT2D eigenvalue weighted by molar-refractivity contribution is 0.616. The van der Waals surface area contributed by atoms with Crippen molar-refractivity contribution in [3.05, 3.63) is 47.7 Å². The van der Waals surface area contributed by atoms with E-state index in [1.165, 1.54) is 12.1 Å². The van der Waals surface area contributed by atoms with Crippen LogP contribution < -0.4 is 10.6 Å². The molecule has 0 aliphatic carbocycles. The van der Waals surface area contributed by atoms with E-state index in [-0.39, 0.29) is 11.6 Å².